The summed E-state index contributed by atoms with van der Waals surface area (Å²) < 4.78 is 2.66. The summed E-state index contributed by atoms with van der Waals surface area (Å²) in [5.41, 5.74) is 5.29. The third-order valence-electron chi connectivity index (χ3n) is 3.60. The molecule has 3 aromatic rings. The number of halogens is 1. The third-order valence-corrected chi connectivity index (χ3v) is 4.20. The second-order valence-electron chi connectivity index (χ2n) is 5.26. The molecule has 0 bridgehead atoms. The van der Waals surface area contributed by atoms with Crippen molar-refractivity contribution >= 4 is 40.5 Å². The van der Waals surface area contributed by atoms with Gasteiger partial charge in [-0.1, -0.05) is 23.7 Å². The fourth-order valence-corrected chi connectivity index (χ4v) is 3.09. The first-order chi connectivity index (χ1) is 9.99. The molecule has 0 amide bonds. The molecule has 1 N–H and O–H groups in total. The number of aromatic amines is 1. The molecule has 1 aromatic heterocycles. The molecule has 0 saturated carbocycles. The number of aryl methyl sites for hydroxylation is 1. The maximum Gasteiger partial charge on any atom is 0.182 e. The second-order valence-corrected chi connectivity index (χ2v) is 6.06. The van der Waals surface area contributed by atoms with E-state index < -0.39 is 0 Å². The summed E-state index contributed by atoms with van der Waals surface area (Å²) >= 11 is 11.7. The number of imidazole rings is 1. The predicted octanol–water partition coefficient (Wildman–Crippen LogP) is 4.72. The zero-order valence-corrected chi connectivity index (χ0v) is 13.7. The number of anilines is 1. The summed E-state index contributed by atoms with van der Waals surface area (Å²) in [5.74, 6) is 0. The van der Waals surface area contributed by atoms with Crippen molar-refractivity contribution in [3.05, 3.63) is 51.8 Å². The summed E-state index contributed by atoms with van der Waals surface area (Å²) in [6.07, 6.45) is 0. The Morgan fingerprint density at radius 3 is 2.67 bits per heavy atom. The summed E-state index contributed by atoms with van der Waals surface area (Å²) in [6, 6.07) is 12.1. The van der Waals surface area contributed by atoms with E-state index in [-0.39, 0.29) is 0 Å². The predicted molar refractivity (Wildman–Crippen MR) is 92.5 cm³/mol. The molecule has 0 fully saturated rings. The number of hydrogen-bond donors (Lipinski definition) is 1. The van der Waals surface area contributed by atoms with Crippen molar-refractivity contribution in [3.8, 4) is 5.69 Å². The van der Waals surface area contributed by atoms with Crippen LogP contribution in [0.3, 0.4) is 0 Å². The van der Waals surface area contributed by atoms with Gasteiger partial charge in [0.25, 0.3) is 0 Å². The third kappa shape index (κ3) is 2.34. The van der Waals surface area contributed by atoms with E-state index in [0.717, 1.165) is 16.7 Å². The van der Waals surface area contributed by atoms with Gasteiger partial charge >= 0.3 is 0 Å². The van der Waals surface area contributed by atoms with Crippen LogP contribution in [0.4, 0.5) is 5.69 Å². The lowest BCUT2D eigenvalue weighted by molar-refractivity contribution is 1.05. The normalized spacial score (nSPS) is 11.0. The van der Waals surface area contributed by atoms with Gasteiger partial charge in [-0.3, -0.25) is 4.57 Å². The molecule has 0 spiro atoms. The molecule has 0 aliphatic carbocycles. The van der Waals surface area contributed by atoms with Crippen molar-refractivity contribution in [1.82, 2.24) is 9.55 Å². The van der Waals surface area contributed by atoms with E-state index in [1.165, 1.54) is 11.3 Å². The molecular formula is C16H16ClN3S. The zero-order chi connectivity index (χ0) is 15.1. The van der Waals surface area contributed by atoms with Crippen LogP contribution in [-0.4, -0.2) is 23.6 Å². The van der Waals surface area contributed by atoms with Crippen molar-refractivity contribution in [3.63, 3.8) is 0 Å². The molecule has 3 rings (SSSR count). The zero-order valence-electron chi connectivity index (χ0n) is 12.1. The quantitative estimate of drug-likeness (QED) is 0.692. The molecule has 0 atom stereocenters. The van der Waals surface area contributed by atoms with Crippen LogP contribution in [0.5, 0.6) is 0 Å². The summed E-state index contributed by atoms with van der Waals surface area (Å²) in [4.78, 5) is 5.29. The van der Waals surface area contributed by atoms with Crippen LogP contribution in [0.2, 0.25) is 5.02 Å². The Morgan fingerprint density at radius 2 is 1.95 bits per heavy atom. The van der Waals surface area contributed by atoms with Crippen LogP contribution in [0, 0.1) is 11.7 Å². The average Bonchev–Trinajstić information content (AvgIpc) is 2.77. The molecule has 108 valence electrons. The topological polar surface area (TPSA) is 24.0 Å². The van der Waals surface area contributed by atoms with E-state index in [9.17, 15) is 0 Å². The van der Waals surface area contributed by atoms with Gasteiger partial charge in [-0.25, -0.2) is 0 Å². The Hall–Kier alpha value is -1.78. The SMILES string of the molecule is Cc1ccc(-n2c(=S)[nH]c3c(Cl)cccc32)cc1N(C)C. The first-order valence-electron chi connectivity index (χ1n) is 6.66. The number of nitrogens with one attached hydrogen (secondary N) is 1. The number of fused-ring (bicyclic) bond motifs is 1. The van der Waals surface area contributed by atoms with E-state index in [1.807, 2.05) is 36.9 Å². The number of hydrogen-bond acceptors (Lipinski definition) is 2. The van der Waals surface area contributed by atoms with Gasteiger partial charge in [0.1, 0.15) is 0 Å². The first-order valence-corrected chi connectivity index (χ1v) is 7.45. The summed E-state index contributed by atoms with van der Waals surface area (Å²) in [6.45, 7) is 2.10. The molecule has 0 unspecified atom stereocenters. The van der Waals surface area contributed by atoms with Crippen molar-refractivity contribution in [2.24, 2.45) is 0 Å². The highest BCUT2D eigenvalue weighted by atomic mass is 35.5. The van der Waals surface area contributed by atoms with Crippen molar-refractivity contribution in [1.29, 1.82) is 0 Å². The maximum atomic E-state index is 6.24. The van der Waals surface area contributed by atoms with Crippen molar-refractivity contribution in [2.45, 2.75) is 6.92 Å². The highest BCUT2D eigenvalue weighted by Crippen LogP contribution is 2.28. The number of rotatable bonds is 2. The standard InChI is InChI=1S/C16H16ClN3S/c1-10-7-8-11(9-14(10)19(2)3)20-13-6-4-5-12(17)15(13)18-16(20)21/h4-9H,1-3H3,(H,18,21). The van der Waals surface area contributed by atoms with Crippen LogP contribution in [0.15, 0.2) is 36.4 Å². The lowest BCUT2D eigenvalue weighted by Gasteiger charge is -2.17. The maximum absolute atomic E-state index is 6.24. The molecular weight excluding hydrogens is 302 g/mol. The average molecular weight is 318 g/mol. The molecule has 0 radical (unpaired) electrons. The Balaban J connectivity index is 2.31. The van der Waals surface area contributed by atoms with Gasteiger partial charge in [-0.05, 0) is 49.0 Å². The first kappa shape index (κ1) is 14.2. The van der Waals surface area contributed by atoms with E-state index in [1.54, 1.807) is 0 Å². The Labute approximate surface area is 133 Å². The molecule has 0 aliphatic heterocycles. The molecule has 0 saturated heterocycles. The molecule has 0 aliphatic rings. The number of nitrogens with zero attached hydrogens (tertiary/aromatic N) is 2. The fraction of sp³-hybridized carbons (Fsp3) is 0.188. The highest BCUT2D eigenvalue weighted by Gasteiger charge is 2.10. The van der Waals surface area contributed by atoms with E-state index in [4.69, 9.17) is 23.8 Å². The van der Waals surface area contributed by atoms with Crippen molar-refractivity contribution in [2.75, 3.05) is 19.0 Å². The minimum atomic E-state index is 0.645. The van der Waals surface area contributed by atoms with Gasteiger partial charge in [0.15, 0.2) is 4.77 Å². The van der Waals surface area contributed by atoms with Gasteiger partial charge < -0.3 is 9.88 Å². The van der Waals surface area contributed by atoms with Gasteiger partial charge in [0.05, 0.1) is 21.7 Å². The smallest absolute Gasteiger partial charge is 0.182 e. The minimum Gasteiger partial charge on any atom is -0.377 e. The van der Waals surface area contributed by atoms with Crippen LogP contribution in [0.25, 0.3) is 16.7 Å². The fourth-order valence-electron chi connectivity index (χ4n) is 2.57. The lowest BCUT2D eigenvalue weighted by Crippen LogP contribution is -2.11. The number of para-hydroxylation sites is 1. The Kier molecular flexibility index (Phi) is 3.51. The molecule has 3 nitrogen and oxygen atoms in total. The largest absolute Gasteiger partial charge is 0.377 e. The van der Waals surface area contributed by atoms with Gasteiger partial charge in [-0.15, -0.1) is 0 Å². The van der Waals surface area contributed by atoms with E-state index >= 15 is 0 Å². The number of benzene rings is 2. The second kappa shape index (κ2) is 5.20. The van der Waals surface area contributed by atoms with Crippen molar-refractivity contribution < 1.29 is 0 Å². The van der Waals surface area contributed by atoms with Gasteiger partial charge in [0, 0.05) is 19.8 Å². The highest BCUT2D eigenvalue weighted by molar-refractivity contribution is 7.71. The van der Waals surface area contributed by atoms with Gasteiger partial charge in [0.2, 0.25) is 0 Å². The Bertz CT molecular complexity index is 877. The van der Waals surface area contributed by atoms with Crippen LogP contribution >= 0.6 is 23.8 Å². The summed E-state index contributed by atoms with van der Waals surface area (Å²) in [7, 11) is 4.08. The van der Waals surface area contributed by atoms with E-state index in [2.05, 4.69) is 35.0 Å². The number of aromatic nitrogens is 2. The monoisotopic (exact) mass is 317 g/mol. The lowest BCUT2D eigenvalue weighted by atomic mass is 10.1. The van der Waals surface area contributed by atoms with Gasteiger partial charge in [-0.2, -0.15) is 0 Å². The molecule has 5 heteroatoms. The van der Waals surface area contributed by atoms with Crippen LogP contribution in [0.1, 0.15) is 5.56 Å². The van der Waals surface area contributed by atoms with Crippen LogP contribution < -0.4 is 4.90 Å². The molecule has 1 heterocycles. The minimum absolute atomic E-state index is 0.645. The van der Waals surface area contributed by atoms with E-state index in [0.29, 0.717) is 9.79 Å². The van der Waals surface area contributed by atoms with Crippen LogP contribution in [-0.2, 0) is 0 Å². The Morgan fingerprint density at radius 1 is 1.19 bits per heavy atom. The summed E-state index contributed by atoms with van der Waals surface area (Å²) in [5, 5.41) is 0.678. The molecule has 21 heavy (non-hydrogen) atoms. The number of H-pyrrole nitrogens is 1. The molecule has 2 aromatic carbocycles.